The summed E-state index contributed by atoms with van der Waals surface area (Å²) < 4.78 is 32.7. The fourth-order valence-corrected chi connectivity index (χ4v) is 2.13. The average molecular weight is 357 g/mol. The summed E-state index contributed by atoms with van der Waals surface area (Å²) in [6.07, 6.45) is -0.157. The van der Waals surface area contributed by atoms with Gasteiger partial charge in [0.2, 0.25) is 0 Å². The second kappa shape index (κ2) is 6.30. The lowest BCUT2D eigenvalue weighted by Crippen LogP contribution is -2.08. The maximum absolute atomic E-state index is 13.8. The zero-order chi connectivity index (χ0) is 15.6. The van der Waals surface area contributed by atoms with E-state index in [0.717, 1.165) is 0 Å². The molecule has 0 aliphatic rings. The van der Waals surface area contributed by atoms with E-state index in [1.807, 2.05) is 0 Å². The van der Waals surface area contributed by atoms with E-state index < -0.39 is 5.82 Å². The molecule has 0 fully saturated rings. The second-order valence-electron chi connectivity index (χ2n) is 4.79. The number of nitrogens with one attached hydrogen (secondary N) is 1. The molecule has 0 radical (unpaired) electrons. The van der Waals surface area contributed by atoms with Crippen LogP contribution in [0.3, 0.4) is 0 Å². The molecular formula is C15H15BrF2N2O. The Morgan fingerprint density at radius 3 is 2.48 bits per heavy atom. The quantitative estimate of drug-likeness (QED) is 0.770. The van der Waals surface area contributed by atoms with Crippen molar-refractivity contribution in [1.82, 2.24) is 0 Å². The summed E-state index contributed by atoms with van der Waals surface area (Å²) in [5.74, 6) is -0.772. The summed E-state index contributed by atoms with van der Waals surface area (Å²) in [4.78, 5) is 0. The number of anilines is 3. The van der Waals surface area contributed by atoms with Gasteiger partial charge in [-0.05, 0) is 48.0 Å². The molecule has 2 aromatic carbocycles. The van der Waals surface area contributed by atoms with E-state index in [4.69, 9.17) is 10.5 Å². The number of benzene rings is 2. The van der Waals surface area contributed by atoms with Crippen LogP contribution >= 0.6 is 15.9 Å². The molecule has 0 spiro atoms. The molecular weight excluding hydrogens is 342 g/mol. The molecule has 3 nitrogen and oxygen atoms in total. The topological polar surface area (TPSA) is 47.3 Å². The van der Waals surface area contributed by atoms with Crippen LogP contribution in [0.5, 0.6) is 5.75 Å². The maximum atomic E-state index is 13.8. The number of hydrogen-bond donors (Lipinski definition) is 2. The molecule has 112 valence electrons. The highest BCUT2D eigenvalue weighted by atomic mass is 79.9. The zero-order valence-electron chi connectivity index (χ0n) is 11.6. The minimum atomic E-state index is -0.521. The van der Waals surface area contributed by atoms with Crippen LogP contribution in [-0.4, -0.2) is 6.10 Å². The van der Waals surface area contributed by atoms with Crippen LogP contribution in [0.25, 0.3) is 0 Å². The van der Waals surface area contributed by atoms with Crippen molar-refractivity contribution >= 4 is 33.0 Å². The molecule has 0 aromatic heterocycles. The second-order valence-corrected chi connectivity index (χ2v) is 5.64. The van der Waals surface area contributed by atoms with Gasteiger partial charge in [0.1, 0.15) is 5.82 Å². The van der Waals surface area contributed by atoms with Crippen LogP contribution in [0.4, 0.5) is 25.8 Å². The summed E-state index contributed by atoms with van der Waals surface area (Å²) in [7, 11) is 0. The molecule has 6 heteroatoms. The molecule has 0 unspecified atom stereocenters. The van der Waals surface area contributed by atoms with Crippen LogP contribution in [0.2, 0.25) is 0 Å². The van der Waals surface area contributed by atoms with Crippen molar-refractivity contribution in [2.24, 2.45) is 0 Å². The highest BCUT2D eigenvalue weighted by Crippen LogP contribution is 2.32. The first kappa shape index (κ1) is 15.6. The fourth-order valence-electron chi connectivity index (χ4n) is 1.75. The number of hydrogen-bond acceptors (Lipinski definition) is 3. The van der Waals surface area contributed by atoms with Gasteiger partial charge < -0.3 is 15.8 Å². The largest absolute Gasteiger partial charge is 0.488 e. The summed E-state index contributed by atoms with van der Waals surface area (Å²) in [5.41, 5.74) is 7.15. The van der Waals surface area contributed by atoms with Crippen molar-refractivity contribution in [3.63, 3.8) is 0 Å². The van der Waals surface area contributed by atoms with Gasteiger partial charge in [-0.2, -0.15) is 0 Å². The van der Waals surface area contributed by atoms with E-state index in [2.05, 4.69) is 21.2 Å². The number of nitrogen functional groups attached to an aromatic ring is 1. The molecule has 2 rings (SSSR count). The lowest BCUT2D eigenvalue weighted by atomic mass is 10.2. The van der Waals surface area contributed by atoms with Crippen LogP contribution in [0.15, 0.2) is 34.8 Å². The van der Waals surface area contributed by atoms with E-state index in [1.165, 1.54) is 18.2 Å². The predicted octanol–water partition coefficient (Wildman–Crippen LogP) is 4.84. The van der Waals surface area contributed by atoms with E-state index in [0.29, 0.717) is 15.8 Å². The maximum Gasteiger partial charge on any atom is 0.167 e. The smallest absolute Gasteiger partial charge is 0.167 e. The van der Waals surface area contributed by atoms with Gasteiger partial charge in [-0.3, -0.25) is 0 Å². The highest BCUT2D eigenvalue weighted by Gasteiger charge is 2.11. The Morgan fingerprint density at radius 2 is 1.86 bits per heavy atom. The molecule has 0 atom stereocenters. The summed E-state index contributed by atoms with van der Waals surface area (Å²) in [6, 6.07) is 7.13. The summed E-state index contributed by atoms with van der Waals surface area (Å²) in [5, 5.41) is 3.01. The highest BCUT2D eigenvalue weighted by molar-refractivity contribution is 9.10. The van der Waals surface area contributed by atoms with Crippen molar-refractivity contribution in [3.05, 3.63) is 46.4 Å². The van der Waals surface area contributed by atoms with Crippen molar-refractivity contribution < 1.29 is 13.5 Å². The molecule has 0 aliphatic carbocycles. The number of ether oxygens (including phenoxy) is 1. The zero-order valence-corrected chi connectivity index (χ0v) is 13.2. The fraction of sp³-hybridized carbons (Fsp3) is 0.200. The van der Waals surface area contributed by atoms with Gasteiger partial charge in [-0.25, -0.2) is 8.78 Å². The van der Waals surface area contributed by atoms with E-state index in [1.54, 1.807) is 26.0 Å². The summed E-state index contributed by atoms with van der Waals surface area (Å²) in [6.45, 7) is 3.61. The first-order chi connectivity index (χ1) is 9.86. The number of nitrogens with two attached hydrogens (primary N) is 1. The van der Waals surface area contributed by atoms with Gasteiger partial charge in [0, 0.05) is 17.8 Å². The van der Waals surface area contributed by atoms with Crippen LogP contribution in [0.1, 0.15) is 13.8 Å². The molecule has 0 saturated carbocycles. The van der Waals surface area contributed by atoms with Crippen molar-refractivity contribution in [2.75, 3.05) is 11.1 Å². The van der Waals surface area contributed by atoms with Crippen molar-refractivity contribution in [2.45, 2.75) is 20.0 Å². The van der Waals surface area contributed by atoms with Gasteiger partial charge in [-0.1, -0.05) is 0 Å². The van der Waals surface area contributed by atoms with Crippen LogP contribution in [0, 0.1) is 11.6 Å². The lowest BCUT2D eigenvalue weighted by Gasteiger charge is -2.15. The van der Waals surface area contributed by atoms with E-state index in [-0.39, 0.29) is 23.4 Å². The molecule has 2 aromatic rings. The number of halogens is 3. The Morgan fingerprint density at radius 1 is 1.14 bits per heavy atom. The number of rotatable bonds is 4. The Labute approximate surface area is 130 Å². The van der Waals surface area contributed by atoms with Gasteiger partial charge in [0.05, 0.1) is 22.0 Å². The van der Waals surface area contributed by atoms with Gasteiger partial charge >= 0.3 is 0 Å². The molecule has 0 aliphatic heterocycles. The first-order valence-electron chi connectivity index (χ1n) is 6.34. The third-order valence-corrected chi connectivity index (χ3v) is 3.27. The summed E-state index contributed by atoms with van der Waals surface area (Å²) >= 11 is 3.11. The minimum Gasteiger partial charge on any atom is -0.488 e. The van der Waals surface area contributed by atoms with Gasteiger partial charge in [-0.15, -0.1) is 0 Å². The third-order valence-electron chi connectivity index (χ3n) is 2.67. The average Bonchev–Trinajstić information content (AvgIpc) is 2.39. The van der Waals surface area contributed by atoms with Crippen molar-refractivity contribution in [1.29, 1.82) is 0 Å². The van der Waals surface area contributed by atoms with Gasteiger partial charge in [0.25, 0.3) is 0 Å². The molecule has 21 heavy (non-hydrogen) atoms. The Bertz CT molecular complexity index is 662. The van der Waals surface area contributed by atoms with Crippen molar-refractivity contribution in [3.8, 4) is 5.75 Å². The normalized spacial score (nSPS) is 10.8. The van der Waals surface area contributed by atoms with Crippen LogP contribution < -0.4 is 15.8 Å². The molecule has 0 bridgehead atoms. The minimum absolute atomic E-state index is 0.114. The van der Waals surface area contributed by atoms with E-state index >= 15 is 0 Å². The van der Waals surface area contributed by atoms with E-state index in [9.17, 15) is 8.78 Å². The van der Waals surface area contributed by atoms with Gasteiger partial charge in [0.15, 0.2) is 11.6 Å². The lowest BCUT2D eigenvalue weighted by molar-refractivity contribution is 0.231. The predicted molar refractivity (Wildman–Crippen MR) is 84.0 cm³/mol. The molecule has 0 amide bonds. The Kier molecular flexibility index (Phi) is 4.67. The third kappa shape index (κ3) is 3.85. The molecule has 0 saturated heterocycles. The Hall–Kier alpha value is -1.82. The molecule has 0 heterocycles. The first-order valence-corrected chi connectivity index (χ1v) is 7.14. The molecule has 3 N–H and O–H groups in total. The standard InChI is InChI=1S/C15H15BrF2N2O/c1-8(2)21-15-7-14(13(19)6-12(15)18)20-9-3-4-11(17)10(16)5-9/h3-8,20H,19H2,1-2H3. The van der Waals surface area contributed by atoms with Crippen LogP contribution in [-0.2, 0) is 0 Å². The SMILES string of the molecule is CC(C)Oc1cc(Nc2ccc(F)c(Br)c2)c(N)cc1F. The monoisotopic (exact) mass is 356 g/mol. The Balaban J connectivity index is 2.32.